The summed E-state index contributed by atoms with van der Waals surface area (Å²) in [4.78, 5) is 7.32. The molecule has 11 heavy (non-hydrogen) atoms. The Kier molecular flexibility index (Phi) is 1.46. The summed E-state index contributed by atoms with van der Waals surface area (Å²) in [6, 6.07) is 4.04. The molecule has 0 fully saturated rings. The van der Waals surface area contributed by atoms with Crippen molar-refractivity contribution in [3.8, 4) is 0 Å². The molecule has 0 saturated carbocycles. The van der Waals surface area contributed by atoms with Crippen LogP contribution in [-0.2, 0) is 0 Å². The molecule has 0 aliphatic heterocycles. The number of fused-ring (bicyclic) bond motifs is 1. The van der Waals surface area contributed by atoms with Crippen molar-refractivity contribution in [1.82, 2.24) is 9.97 Å². The zero-order valence-corrected chi connectivity index (χ0v) is 7.64. The van der Waals surface area contributed by atoms with Gasteiger partial charge < -0.3 is 4.98 Å². The van der Waals surface area contributed by atoms with Crippen LogP contribution in [0.4, 0.5) is 0 Å². The molecule has 0 radical (unpaired) electrons. The van der Waals surface area contributed by atoms with Gasteiger partial charge in [0.05, 0.1) is 0 Å². The van der Waals surface area contributed by atoms with Crippen LogP contribution >= 0.6 is 15.9 Å². The zero-order valence-electron chi connectivity index (χ0n) is 6.06. The number of hydrogen-bond donors (Lipinski definition) is 1. The number of aromatic nitrogens is 2. The fourth-order valence-corrected chi connectivity index (χ4v) is 1.69. The molecule has 0 unspecified atom stereocenters. The van der Waals surface area contributed by atoms with Crippen molar-refractivity contribution in [2.75, 3.05) is 0 Å². The standard InChI is InChI=1S/C8H7BrN2/c1-5-4-7(9)11-8-6(5)2-3-10-8/h2-4H,1H3,(H,10,11). The Bertz CT molecular complexity index is 392. The van der Waals surface area contributed by atoms with Gasteiger partial charge in [0.15, 0.2) is 0 Å². The third kappa shape index (κ3) is 1.05. The van der Waals surface area contributed by atoms with Gasteiger partial charge in [-0.05, 0) is 40.5 Å². The highest BCUT2D eigenvalue weighted by Gasteiger charge is 1.99. The van der Waals surface area contributed by atoms with Crippen LogP contribution in [0.15, 0.2) is 22.9 Å². The average Bonchev–Trinajstić information content (AvgIpc) is 2.34. The van der Waals surface area contributed by atoms with Crippen LogP contribution in [0.25, 0.3) is 11.0 Å². The topological polar surface area (TPSA) is 28.7 Å². The molecule has 0 atom stereocenters. The summed E-state index contributed by atoms with van der Waals surface area (Å²) < 4.78 is 0.880. The van der Waals surface area contributed by atoms with Crippen molar-refractivity contribution < 1.29 is 0 Å². The predicted octanol–water partition coefficient (Wildman–Crippen LogP) is 2.63. The summed E-state index contributed by atoms with van der Waals surface area (Å²) in [5.74, 6) is 0. The second-order valence-electron chi connectivity index (χ2n) is 2.50. The van der Waals surface area contributed by atoms with E-state index in [0.717, 1.165) is 10.3 Å². The van der Waals surface area contributed by atoms with Crippen molar-refractivity contribution in [2.45, 2.75) is 6.92 Å². The lowest BCUT2D eigenvalue weighted by molar-refractivity contribution is 1.27. The molecule has 1 N–H and O–H groups in total. The van der Waals surface area contributed by atoms with E-state index in [0.29, 0.717) is 0 Å². The van der Waals surface area contributed by atoms with Gasteiger partial charge in [-0.25, -0.2) is 4.98 Å². The first-order valence-electron chi connectivity index (χ1n) is 3.37. The first kappa shape index (κ1) is 6.85. The Morgan fingerprint density at radius 2 is 2.36 bits per heavy atom. The molecular formula is C8H7BrN2. The lowest BCUT2D eigenvalue weighted by Crippen LogP contribution is -1.80. The van der Waals surface area contributed by atoms with E-state index in [1.54, 1.807) is 0 Å². The molecule has 56 valence electrons. The maximum atomic E-state index is 4.26. The quantitative estimate of drug-likeness (QED) is 0.666. The lowest BCUT2D eigenvalue weighted by Gasteiger charge is -1.95. The Hall–Kier alpha value is -0.830. The number of hydrogen-bond acceptors (Lipinski definition) is 1. The molecule has 0 saturated heterocycles. The number of pyridine rings is 1. The summed E-state index contributed by atoms with van der Waals surface area (Å²) in [5.41, 5.74) is 2.18. The highest BCUT2D eigenvalue weighted by Crippen LogP contribution is 2.18. The normalized spacial score (nSPS) is 10.7. The third-order valence-corrected chi connectivity index (χ3v) is 2.11. The Morgan fingerprint density at radius 1 is 1.55 bits per heavy atom. The Balaban J connectivity index is 2.91. The molecular weight excluding hydrogens is 204 g/mol. The maximum Gasteiger partial charge on any atom is 0.138 e. The van der Waals surface area contributed by atoms with Crippen LogP contribution in [0, 0.1) is 6.92 Å². The number of rotatable bonds is 0. The molecule has 2 nitrogen and oxygen atoms in total. The predicted molar refractivity (Wildman–Crippen MR) is 48.5 cm³/mol. The van der Waals surface area contributed by atoms with E-state index < -0.39 is 0 Å². The summed E-state index contributed by atoms with van der Waals surface area (Å²) >= 11 is 3.34. The van der Waals surface area contributed by atoms with Gasteiger partial charge in [0.25, 0.3) is 0 Å². The van der Waals surface area contributed by atoms with Crippen LogP contribution < -0.4 is 0 Å². The summed E-state index contributed by atoms with van der Waals surface area (Å²) in [6.45, 7) is 2.07. The van der Waals surface area contributed by atoms with E-state index in [-0.39, 0.29) is 0 Å². The minimum absolute atomic E-state index is 0.880. The number of H-pyrrole nitrogens is 1. The fraction of sp³-hybridized carbons (Fsp3) is 0.125. The van der Waals surface area contributed by atoms with E-state index in [1.165, 1.54) is 10.9 Å². The van der Waals surface area contributed by atoms with E-state index in [2.05, 4.69) is 32.8 Å². The molecule has 0 aliphatic rings. The number of aromatic amines is 1. The molecule has 2 rings (SSSR count). The van der Waals surface area contributed by atoms with Gasteiger partial charge in [0.1, 0.15) is 10.3 Å². The first-order chi connectivity index (χ1) is 5.27. The van der Waals surface area contributed by atoms with Gasteiger partial charge in [-0.15, -0.1) is 0 Å². The molecule has 0 amide bonds. The van der Waals surface area contributed by atoms with Crippen molar-refractivity contribution in [3.63, 3.8) is 0 Å². The number of nitrogens with one attached hydrogen (secondary N) is 1. The van der Waals surface area contributed by atoms with Crippen LogP contribution in [-0.4, -0.2) is 9.97 Å². The van der Waals surface area contributed by atoms with Gasteiger partial charge in [0.2, 0.25) is 0 Å². The van der Waals surface area contributed by atoms with Crippen molar-refractivity contribution in [2.24, 2.45) is 0 Å². The number of nitrogens with zero attached hydrogens (tertiary/aromatic N) is 1. The largest absolute Gasteiger partial charge is 0.346 e. The Morgan fingerprint density at radius 3 is 3.18 bits per heavy atom. The minimum atomic E-state index is 0.880. The summed E-state index contributed by atoms with van der Waals surface area (Å²) in [6.07, 6.45) is 1.90. The van der Waals surface area contributed by atoms with E-state index in [4.69, 9.17) is 0 Å². The molecule has 0 bridgehead atoms. The monoisotopic (exact) mass is 210 g/mol. The van der Waals surface area contributed by atoms with Crippen LogP contribution in [0.1, 0.15) is 5.56 Å². The van der Waals surface area contributed by atoms with Gasteiger partial charge in [-0.3, -0.25) is 0 Å². The minimum Gasteiger partial charge on any atom is -0.346 e. The number of halogens is 1. The number of aryl methyl sites for hydroxylation is 1. The molecule has 0 aromatic carbocycles. The molecule has 0 aliphatic carbocycles. The van der Waals surface area contributed by atoms with Crippen molar-refractivity contribution in [3.05, 3.63) is 28.5 Å². The first-order valence-corrected chi connectivity index (χ1v) is 4.17. The second kappa shape index (κ2) is 2.34. The summed E-state index contributed by atoms with van der Waals surface area (Å²) in [5, 5.41) is 1.19. The van der Waals surface area contributed by atoms with Gasteiger partial charge in [-0.1, -0.05) is 0 Å². The SMILES string of the molecule is Cc1cc(Br)nc2[nH]ccc12. The maximum absolute atomic E-state index is 4.26. The zero-order chi connectivity index (χ0) is 7.84. The third-order valence-electron chi connectivity index (χ3n) is 1.70. The lowest BCUT2D eigenvalue weighted by atomic mass is 10.2. The molecule has 2 aromatic heterocycles. The van der Waals surface area contributed by atoms with Crippen molar-refractivity contribution >= 4 is 27.0 Å². The van der Waals surface area contributed by atoms with Gasteiger partial charge >= 0.3 is 0 Å². The Labute approximate surface area is 72.8 Å². The van der Waals surface area contributed by atoms with Crippen LogP contribution in [0.3, 0.4) is 0 Å². The highest BCUT2D eigenvalue weighted by molar-refractivity contribution is 9.10. The van der Waals surface area contributed by atoms with E-state index in [9.17, 15) is 0 Å². The van der Waals surface area contributed by atoms with Crippen molar-refractivity contribution in [1.29, 1.82) is 0 Å². The molecule has 2 aromatic rings. The smallest absolute Gasteiger partial charge is 0.138 e. The molecule has 3 heteroatoms. The molecule has 0 spiro atoms. The van der Waals surface area contributed by atoms with Crippen LogP contribution in [0.5, 0.6) is 0 Å². The van der Waals surface area contributed by atoms with E-state index >= 15 is 0 Å². The van der Waals surface area contributed by atoms with Gasteiger partial charge in [0, 0.05) is 11.6 Å². The average molecular weight is 211 g/mol. The fourth-order valence-electron chi connectivity index (χ4n) is 1.17. The van der Waals surface area contributed by atoms with Crippen LogP contribution in [0.2, 0.25) is 0 Å². The van der Waals surface area contributed by atoms with E-state index in [1.807, 2.05) is 18.3 Å². The van der Waals surface area contributed by atoms with Gasteiger partial charge in [-0.2, -0.15) is 0 Å². The summed E-state index contributed by atoms with van der Waals surface area (Å²) in [7, 11) is 0. The second-order valence-corrected chi connectivity index (χ2v) is 3.31. The molecule has 2 heterocycles. The highest BCUT2D eigenvalue weighted by atomic mass is 79.9.